The molecular weight excluding hydrogens is 1150 g/mol. The number of alkyl carbamates (subject to hydrolysis) is 2. The minimum absolute atomic E-state index is 0.0657. The first kappa shape index (κ1) is 70.2. The van der Waals surface area contributed by atoms with Crippen LogP contribution in [-0.2, 0) is 31.1 Å². The number of carbonyl (C=O) groups excluding carboxylic acids is 4. The number of nitrogens with one attached hydrogen (secondary N) is 6. The summed E-state index contributed by atoms with van der Waals surface area (Å²) in [6.07, 6.45) is 5.88. The largest absolute Gasteiger partial charge is 0.445 e. The summed E-state index contributed by atoms with van der Waals surface area (Å²) in [5, 5.41) is 18.9. The van der Waals surface area contributed by atoms with Crippen molar-refractivity contribution in [1.29, 1.82) is 0 Å². The zero-order chi connectivity index (χ0) is 66.1. The van der Waals surface area contributed by atoms with Crippen LogP contribution in [0.15, 0.2) is 146 Å². The lowest BCUT2D eigenvalue weighted by Gasteiger charge is -2.27. The van der Waals surface area contributed by atoms with Crippen molar-refractivity contribution in [3.05, 3.63) is 190 Å². The van der Waals surface area contributed by atoms with Gasteiger partial charge in [0.1, 0.15) is 23.7 Å². The number of benzene rings is 6. The van der Waals surface area contributed by atoms with E-state index in [1.807, 2.05) is 24.3 Å². The summed E-state index contributed by atoms with van der Waals surface area (Å²) in [6, 6.07) is 50.7. The maximum Gasteiger partial charge on any atom is 0.412 e. The monoisotopic (exact) mass is 1250 g/mol. The van der Waals surface area contributed by atoms with E-state index in [9.17, 15) is 19.2 Å². The summed E-state index contributed by atoms with van der Waals surface area (Å²) in [5.74, 6) is 1.07. The first-order valence-electron chi connectivity index (χ1n) is 33.7. The van der Waals surface area contributed by atoms with Gasteiger partial charge in [0.15, 0.2) is 0 Å². The van der Waals surface area contributed by atoms with E-state index in [0.29, 0.717) is 50.8 Å². The van der Waals surface area contributed by atoms with Crippen LogP contribution in [0.4, 0.5) is 19.2 Å². The average Bonchev–Trinajstić information content (AvgIpc) is 1.41. The van der Waals surface area contributed by atoms with Crippen molar-refractivity contribution in [2.24, 2.45) is 0 Å². The highest BCUT2D eigenvalue weighted by molar-refractivity contribution is 5.73. The van der Waals surface area contributed by atoms with Crippen LogP contribution in [-0.4, -0.2) is 87.9 Å². The molecule has 4 atom stereocenters. The molecule has 4 amide bonds. The van der Waals surface area contributed by atoms with Gasteiger partial charge < -0.3 is 50.8 Å². The minimum atomic E-state index is -0.520. The Morgan fingerprint density at radius 3 is 0.859 bits per heavy atom. The van der Waals surface area contributed by atoms with Gasteiger partial charge in [-0.25, -0.2) is 19.2 Å². The van der Waals surface area contributed by atoms with E-state index in [2.05, 4.69) is 212 Å². The number of amides is 4. The Kier molecular flexibility index (Phi) is 24.6. The molecule has 0 aliphatic carbocycles. The number of hydrogen-bond donors (Lipinski definition) is 6. The molecule has 0 saturated carbocycles. The standard InChI is InChI=1S/C78H104N6O8/c1-75(2,3)59-33-21-55(22-34-59)69(56-23-35-60(36-24-56)76(4,5)6)67-49-65(51-83-67)91-73(87)81-47-19-15-13-17-45-79-71(85)89-63-41-29-53(30-42-63)54-31-43-64(44-32-54)90-72(86)80-46-18-14-16-20-48-82-74(88)92-66-50-68(84-52-66)70(57-25-37-61(38-26-57)77(7,8)9)58-27-39-62(40-28-58)78(10,11)12/h21-44,65-70,83-84H,13-20,45-52H2,1-12H3,(H,79,85)(H,80,86)(H,81,87)(H,82,88)/t65-,66-,67-,68-/m1/s1. The second-order valence-electron chi connectivity index (χ2n) is 29.4. The Bertz CT molecular complexity index is 2950. The Labute approximate surface area is 548 Å². The van der Waals surface area contributed by atoms with Gasteiger partial charge in [-0.15, -0.1) is 0 Å². The van der Waals surface area contributed by atoms with Crippen LogP contribution in [0.5, 0.6) is 11.5 Å². The molecule has 2 fully saturated rings. The van der Waals surface area contributed by atoms with E-state index < -0.39 is 24.4 Å². The number of ether oxygens (including phenoxy) is 4. The molecule has 2 saturated heterocycles. The van der Waals surface area contributed by atoms with Gasteiger partial charge in [-0.3, -0.25) is 0 Å². The van der Waals surface area contributed by atoms with Crippen LogP contribution in [0.25, 0.3) is 11.1 Å². The van der Waals surface area contributed by atoms with Crippen molar-refractivity contribution >= 4 is 24.4 Å². The van der Waals surface area contributed by atoms with Crippen LogP contribution >= 0.6 is 0 Å². The zero-order valence-corrected chi connectivity index (χ0v) is 56.9. The molecule has 8 rings (SSSR count). The van der Waals surface area contributed by atoms with Gasteiger partial charge in [0, 0.05) is 76.0 Å². The SMILES string of the molecule is CC(C)(C)c1ccc(C(c2ccc(C(C)(C)C)cc2)[C@H]2C[C@@H](OC(=O)NCCCCCCNC(=O)Oc3ccc(-c4ccc(OC(=O)NCCCCCCNC(=O)O[C@H]5CN[C@@H](C(c6ccc(C(C)(C)C)cc6)c6ccc(C(C)(C)C)cc6)C5)cc4)cc3)CN2)cc1. The Balaban J connectivity index is 0.642. The summed E-state index contributed by atoms with van der Waals surface area (Å²) in [7, 11) is 0. The van der Waals surface area contributed by atoms with Gasteiger partial charge in [0.25, 0.3) is 0 Å². The highest BCUT2D eigenvalue weighted by atomic mass is 16.6. The average molecular weight is 1250 g/mol. The smallest absolute Gasteiger partial charge is 0.412 e. The number of carbonyl (C=O) groups is 4. The van der Waals surface area contributed by atoms with Crippen LogP contribution in [0.1, 0.15) is 204 Å². The van der Waals surface area contributed by atoms with Crippen molar-refractivity contribution in [2.45, 2.75) is 205 Å². The van der Waals surface area contributed by atoms with Crippen LogP contribution in [0.2, 0.25) is 0 Å². The first-order valence-corrected chi connectivity index (χ1v) is 33.7. The van der Waals surface area contributed by atoms with Crippen LogP contribution in [0, 0.1) is 0 Å². The quantitative estimate of drug-likeness (QED) is 0.0302. The molecule has 92 heavy (non-hydrogen) atoms. The predicted molar refractivity (Wildman–Crippen MR) is 370 cm³/mol. The highest BCUT2D eigenvalue weighted by Gasteiger charge is 2.37. The van der Waals surface area contributed by atoms with Crippen molar-refractivity contribution in [2.75, 3.05) is 39.3 Å². The van der Waals surface area contributed by atoms with E-state index in [1.54, 1.807) is 24.3 Å². The number of hydrogen-bond acceptors (Lipinski definition) is 10. The molecule has 2 aliphatic heterocycles. The Hall–Kier alpha value is -7.68. The van der Waals surface area contributed by atoms with Crippen molar-refractivity contribution < 1.29 is 38.1 Å². The van der Waals surface area contributed by atoms with Crippen molar-refractivity contribution in [1.82, 2.24) is 31.9 Å². The molecule has 6 N–H and O–H groups in total. The molecule has 14 nitrogen and oxygen atoms in total. The van der Waals surface area contributed by atoms with E-state index in [0.717, 1.165) is 75.3 Å². The third-order valence-electron chi connectivity index (χ3n) is 17.9. The van der Waals surface area contributed by atoms with Crippen molar-refractivity contribution in [3.63, 3.8) is 0 Å². The third-order valence-corrected chi connectivity index (χ3v) is 17.9. The first-order chi connectivity index (χ1) is 43.8. The van der Waals surface area contributed by atoms with Gasteiger partial charge in [-0.2, -0.15) is 0 Å². The summed E-state index contributed by atoms with van der Waals surface area (Å²) < 4.78 is 22.9. The maximum absolute atomic E-state index is 12.9. The van der Waals surface area contributed by atoms with Gasteiger partial charge in [-0.05, 0) is 127 Å². The fraction of sp³-hybridized carbons (Fsp3) is 0.487. The molecular formula is C78H104N6O8. The summed E-state index contributed by atoms with van der Waals surface area (Å²) >= 11 is 0. The molecule has 0 aromatic heterocycles. The molecule has 14 heteroatoms. The molecule has 0 bridgehead atoms. The molecule has 2 heterocycles. The van der Waals surface area contributed by atoms with Gasteiger partial charge in [-0.1, -0.05) is 230 Å². The lowest BCUT2D eigenvalue weighted by atomic mass is 9.80. The molecule has 6 aromatic carbocycles. The molecule has 2 aliphatic rings. The lowest BCUT2D eigenvalue weighted by Crippen LogP contribution is -2.30. The predicted octanol–water partition coefficient (Wildman–Crippen LogP) is 16.4. The van der Waals surface area contributed by atoms with Gasteiger partial charge in [0.05, 0.1) is 0 Å². The second-order valence-corrected chi connectivity index (χ2v) is 29.4. The normalized spacial score (nSPS) is 16.9. The fourth-order valence-electron chi connectivity index (χ4n) is 12.3. The van der Waals surface area contributed by atoms with Crippen LogP contribution < -0.4 is 41.4 Å². The van der Waals surface area contributed by atoms with Crippen LogP contribution in [0.3, 0.4) is 0 Å². The molecule has 494 valence electrons. The molecule has 6 aromatic rings. The van der Waals surface area contributed by atoms with Crippen molar-refractivity contribution in [3.8, 4) is 22.6 Å². The third kappa shape index (κ3) is 21.2. The maximum atomic E-state index is 12.9. The van der Waals surface area contributed by atoms with E-state index in [1.165, 1.54) is 44.5 Å². The molecule has 0 spiro atoms. The summed E-state index contributed by atoms with van der Waals surface area (Å²) in [4.78, 5) is 51.0. The van der Waals surface area contributed by atoms with E-state index in [-0.39, 0.29) is 57.8 Å². The van der Waals surface area contributed by atoms with Gasteiger partial charge in [0.2, 0.25) is 0 Å². The van der Waals surface area contributed by atoms with E-state index in [4.69, 9.17) is 18.9 Å². The van der Waals surface area contributed by atoms with Gasteiger partial charge >= 0.3 is 24.4 Å². The topological polar surface area (TPSA) is 177 Å². The lowest BCUT2D eigenvalue weighted by molar-refractivity contribution is 0.105. The minimum Gasteiger partial charge on any atom is -0.445 e. The fourth-order valence-corrected chi connectivity index (χ4v) is 12.3. The number of unbranched alkanes of at least 4 members (excludes halogenated alkanes) is 6. The highest BCUT2D eigenvalue weighted by Crippen LogP contribution is 2.38. The summed E-state index contributed by atoms with van der Waals surface area (Å²) in [6.45, 7) is 30.0. The Morgan fingerprint density at radius 2 is 0.609 bits per heavy atom. The number of rotatable bonds is 25. The van der Waals surface area contributed by atoms with E-state index >= 15 is 0 Å². The summed E-state index contributed by atoms with van der Waals surface area (Å²) in [5.41, 5.74) is 12.3. The second kappa shape index (κ2) is 32.2. The molecule has 0 unspecified atom stereocenters. The zero-order valence-electron chi connectivity index (χ0n) is 56.9. The Morgan fingerprint density at radius 1 is 0.359 bits per heavy atom. The molecule has 0 radical (unpaired) electrons.